The minimum atomic E-state index is -0.883. The van der Waals surface area contributed by atoms with E-state index in [9.17, 15) is 5.26 Å². The molecule has 0 spiro atoms. The second-order valence-corrected chi connectivity index (χ2v) is 14.4. The van der Waals surface area contributed by atoms with Crippen molar-refractivity contribution in [2.75, 3.05) is 6.61 Å². The van der Waals surface area contributed by atoms with E-state index in [0.29, 0.717) is 18.4 Å². The average molecular weight is 608 g/mol. The fraction of sp³-hybridized carbons (Fsp3) is 0.447. The number of nitriles is 1. The zero-order chi connectivity index (χ0) is 31.1. The number of hydrogen-bond acceptors (Lipinski definition) is 4. The van der Waals surface area contributed by atoms with Gasteiger partial charge in [0.2, 0.25) is 0 Å². The lowest BCUT2D eigenvalue weighted by atomic mass is 9.43. The third kappa shape index (κ3) is 5.15. The highest BCUT2D eigenvalue weighted by molar-refractivity contribution is 6.60. The van der Waals surface area contributed by atoms with Gasteiger partial charge in [-0.05, 0) is 66.5 Å². The lowest BCUT2D eigenvalue weighted by Crippen LogP contribution is -2.65. The first-order valence-corrected chi connectivity index (χ1v) is 16.4. The molecule has 0 N–H and O–H groups in total. The average Bonchev–Trinajstić information content (AvgIpc) is 3.40. The minimum Gasteiger partial charge on any atom is -0.404 e. The second kappa shape index (κ2) is 12.1. The van der Waals surface area contributed by atoms with Crippen molar-refractivity contribution < 1.29 is 14.0 Å². The fourth-order valence-electron chi connectivity index (χ4n) is 8.43. The summed E-state index contributed by atoms with van der Waals surface area (Å²) in [4.78, 5) is 0. The summed E-state index contributed by atoms with van der Waals surface area (Å²) in [5.41, 5.74) is 2.98. The molecular weight excluding hydrogens is 565 g/mol. The highest BCUT2D eigenvalue weighted by atomic mass is 35.5. The molecule has 4 nitrogen and oxygen atoms in total. The number of hydrogen-bond donors (Lipinski definition) is 0. The van der Waals surface area contributed by atoms with Gasteiger partial charge in [-0.25, -0.2) is 0 Å². The van der Waals surface area contributed by atoms with E-state index in [4.69, 9.17) is 25.6 Å². The molecule has 3 aromatic rings. The maximum absolute atomic E-state index is 10.0. The molecule has 44 heavy (non-hydrogen) atoms. The molecule has 1 heterocycles. The first-order valence-electron chi connectivity index (χ1n) is 15.9. The van der Waals surface area contributed by atoms with Crippen molar-refractivity contribution in [2.24, 2.45) is 29.1 Å². The van der Waals surface area contributed by atoms with Gasteiger partial charge >= 0.3 is 7.12 Å². The summed E-state index contributed by atoms with van der Waals surface area (Å²) in [5, 5.41) is 9.50. The predicted molar refractivity (Wildman–Crippen MR) is 177 cm³/mol. The van der Waals surface area contributed by atoms with Crippen LogP contribution in [0.2, 0.25) is 0 Å². The van der Waals surface area contributed by atoms with Gasteiger partial charge in [0.1, 0.15) is 5.60 Å². The maximum Gasteiger partial charge on any atom is 0.477 e. The summed E-state index contributed by atoms with van der Waals surface area (Å²) in [7, 11) is -0.593. The van der Waals surface area contributed by atoms with Crippen molar-refractivity contribution >= 4 is 18.7 Å². The minimum absolute atomic E-state index is 0.0229. The van der Waals surface area contributed by atoms with E-state index in [0.717, 1.165) is 28.7 Å². The number of nitrogens with zero attached hydrogens (tertiary/aromatic N) is 1. The van der Waals surface area contributed by atoms with Gasteiger partial charge < -0.3 is 14.0 Å². The molecule has 4 fully saturated rings. The van der Waals surface area contributed by atoms with Gasteiger partial charge in [-0.1, -0.05) is 117 Å². The molecule has 0 unspecified atom stereocenters. The van der Waals surface area contributed by atoms with Crippen LogP contribution < -0.4 is 0 Å². The SMILES string of the molecule is C=C(C)[C@@H](COC(c1ccccc1)(c1ccccc1)c1ccccc1)[C@H](CC#N)[C@@H](Cl)B1O[C@@H]2C[C@@H]3C[C@@H](C3(C)C)[C@]2(C)O1. The Hall–Kier alpha value is -2.88. The van der Waals surface area contributed by atoms with Gasteiger partial charge in [-0.2, -0.15) is 5.26 Å². The van der Waals surface area contributed by atoms with Crippen LogP contribution in [0.4, 0.5) is 0 Å². The van der Waals surface area contributed by atoms with Crippen LogP contribution in [0.1, 0.15) is 63.6 Å². The number of ether oxygens (including phenoxy) is 1. The Morgan fingerprint density at radius 1 is 0.977 bits per heavy atom. The topological polar surface area (TPSA) is 51.5 Å². The molecule has 4 aliphatic rings. The number of halogens is 1. The normalized spacial score (nSPS) is 27.4. The molecule has 2 bridgehead atoms. The maximum atomic E-state index is 10.0. The molecule has 7 rings (SSSR count). The van der Waals surface area contributed by atoms with E-state index >= 15 is 0 Å². The molecule has 0 amide bonds. The predicted octanol–water partition coefficient (Wildman–Crippen LogP) is 8.59. The second-order valence-electron chi connectivity index (χ2n) is 13.9. The monoisotopic (exact) mass is 607 g/mol. The summed E-state index contributed by atoms with van der Waals surface area (Å²) >= 11 is 7.33. The summed E-state index contributed by atoms with van der Waals surface area (Å²) in [6, 6.07) is 33.4. The molecule has 1 saturated heterocycles. The standard InChI is InChI=1S/C38H43BClNO3/c1-26(2)32(31(21-22-41)35(40)39-43-34-24-30-23-33(36(30,3)4)37(34,5)44-39)25-42-38(27-15-9-6-10-16-27,28-17-11-7-12-18-28)29-19-13-8-14-20-29/h6-20,30-35H,1,21,23-25H2,2-5H3/t30-,31-,32+,33-,34+,35+,37-/m0/s1. The molecule has 6 heteroatoms. The Morgan fingerprint density at radius 3 is 1.95 bits per heavy atom. The van der Waals surface area contributed by atoms with Crippen LogP contribution in [0.3, 0.4) is 0 Å². The summed E-state index contributed by atoms with van der Waals surface area (Å²) in [6.07, 6.45) is 2.43. The van der Waals surface area contributed by atoms with Crippen molar-refractivity contribution in [3.05, 3.63) is 120 Å². The van der Waals surface area contributed by atoms with Crippen LogP contribution in [0.15, 0.2) is 103 Å². The van der Waals surface area contributed by atoms with Crippen molar-refractivity contribution in [3.63, 3.8) is 0 Å². The van der Waals surface area contributed by atoms with Crippen LogP contribution in [0, 0.1) is 40.4 Å². The zero-order valence-corrected chi connectivity index (χ0v) is 27.0. The summed E-state index contributed by atoms with van der Waals surface area (Å²) in [6.45, 7) is 13.6. The molecule has 1 aliphatic heterocycles. The molecule has 3 aromatic carbocycles. The van der Waals surface area contributed by atoms with E-state index in [1.807, 2.05) is 61.5 Å². The lowest BCUT2D eigenvalue weighted by Gasteiger charge is -2.64. The Morgan fingerprint density at radius 2 is 1.50 bits per heavy atom. The third-order valence-electron chi connectivity index (χ3n) is 11.1. The van der Waals surface area contributed by atoms with Crippen LogP contribution in [0.5, 0.6) is 0 Å². The first kappa shape index (κ1) is 31.1. The van der Waals surface area contributed by atoms with Gasteiger partial charge in [-0.15, -0.1) is 11.6 Å². The van der Waals surface area contributed by atoms with Gasteiger partial charge in [0.15, 0.2) is 0 Å². The van der Waals surface area contributed by atoms with Gasteiger partial charge in [0, 0.05) is 12.3 Å². The quantitative estimate of drug-likeness (QED) is 0.0948. The van der Waals surface area contributed by atoms with Crippen LogP contribution in [-0.4, -0.2) is 30.7 Å². The number of alkyl halides is 1. The highest BCUT2D eigenvalue weighted by Gasteiger charge is 2.68. The fourth-order valence-corrected chi connectivity index (χ4v) is 8.81. The molecule has 0 aromatic heterocycles. The summed E-state index contributed by atoms with van der Waals surface area (Å²) < 4.78 is 20.6. The van der Waals surface area contributed by atoms with Crippen molar-refractivity contribution in [3.8, 4) is 6.07 Å². The largest absolute Gasteiger partial charge is 0.477 e. The third-order valence-corrected chi connectivity index (χ3v) is 11.7. The van der Waals surface area contributed by atoms with Crippen LogP contribution in [0.25, 0.3) is 0 Å². The molecule has 3 saturated carbocycles. The molecule has 7 atom stereocenters. The van der Waals surface area contributed by atoms with Crippen LogP contribution in [-0.2, 0) is 19.6 Å². The lowest BCUT2D eigenvalue weighted by molar-refractivity contribution is -0.199. The molecule has 3 aliphatic carbocycles. The van der Waals surface area contributed by atoms with Crippen molar-refractivity contribution in [1.82, 2.24) is 0 Å². The van der Waals surface area contributed by atoms with Crippen LogP contribution >= 0.6 is 11.6 Å². The van der Waals surface area contributed by atoms with Crippen molar-refractivity contribution in [1.29, 1.82) is 5.26 Å². The molecule has 0 radical (unpaired) electrons. The molecular formula is C38H43BClNO3. The Kier molecular flexibility index (Phi) is 8.59. The Bertz CT molecular complexity index is 1400. The van der Waals surface area contributed by atoms with Gasteiger partial charge in [-0.3, -0.25) is 0 Å². The Labute approximate surface area is 268 Å². The van der Waals surface area contributed by atoms with E-state index in [1.54, 1.807) is 0 Å². The number of rotatable bonds is 11. The van der Waals surface area contributed by atoms with E-state index < -0.39 is 18.0 Å². The smallest absolute Gasteiger partial charge is 0.404 e. The zero-order valence-electron chi connectivity index (χ0n) is 26.3. The van der Waals surface area contributed by atoms with Gasteiger partial charge in [0.25, 0.3) is 0 Å². The van der Waals surface area contributed by atoms with Crippen molar-refractivity contribution in [2.45, 2.75) is 69.5 Å². The highest BCUT2D eigenvalue weighted by Crippen LogP contribution is 2.66. The summed E-state index contributed by atoms with van der Waals surface area (Å²) in [5.74, 6) is 0.595. The van der Waals surface area contributed by atoms with E-state index in [-0.39, 0.29) is 35.4 Å². The number of benzene rings is 3. The first-order chi connectivity index (χ1) is 21.1. The Balaban J connectivity index is 1.33. The van der Waals surface area contributed by atoms with E-state index in [2.05, 4.69) is 69.8 Å². The van der Waals surface area contributed by atoms with Gasteiger partial charge in [0.05, 0.1) is 29.7 Å². The van der Waals surface area contributed by atoms with E-state index in [1.165, 1.54) is 6.42 Å². The molecule has 228 valence electrons.